The van der Waals surface area contributed by atoms with Crippen molar-refractivity contribution in [3.05, 3.63) is 17.9 Å². The SMILES string of the molecule is CC(C)(C)OC(=O)N1CC(CNC(=O)Nc2cc(O)c(N3CC(=O)NS3(=O)=O)c(F)c2)C2(CCCCC2)C1. The summed E-state index contributed by atoms with van der Waals surface area (Å²) in [5, 5.41) is 15.5. The van der Waals surface area contributed by atoms with Crippen LogP contribution in [0.2, 0.25) is 0 Å². The number of ether oxygens (including phenoxy) is 1. The molecule has 38 heavy (non-hydrogen) atoms. The Bertz CT molecular complexity index is 1200. The van der Waals surface area contributed by atoms with E-state index in [0.29, 0.717) is 17.4 Å². The van der Waals surface area contributed by atoms with Gasteiger partial charge in [0, 0.05) is 37.3 Å². The third-order valence-electron chi connectivity index (χ3n) is 7.19. The maximum atomic E-state index is 14.8. The number of urea groups is 1. The number of carbonyl (C=O) groups is 3. The van der Waals surface area contributed by atoms with Crippen LogP contribution in [0.1, 0.15) is 52.9 Å². The van der Waals surface area contributed by atoms with Gasteiger partial charge in [0.2, 0.25) is 0 Å². The second-order valence-corrected chi connectivity index (χ2v) is 12.8. The number of hydrogen-bond donors (Lipinski definition) is 4. The van der Waals surface area contributed by atoms with E-state index < -0.39 is 51.5 Å². The Morgan fingerprint density at radius 1 is 1.24 bits per heavy atom. The Morgan fingerprint density at radius 2 is 1.92 bits per heavy atom. The standard InChI is InChI=1S/C24H34FN5O7S/c1-23(2,3)37-22(34)29-12-15(24(14-29)7-5-4-6-8-24)11-26-21(33)27-16-9-17(25)20(18(31)10-16)30-13-19(32)28-38(30,35)36/h9-10,15,31H,4-8,11-14H2,1-3H3,(H,28,32)(H2,26,27,33). The van der Waals surface area contributed by atoms with Crippen LogP contribution in [0.3, 0.4) is 0 Å². The van der Waals surface area contributed by atoms with Crippen LogP contribution in [-0.2, 0) is 19.7 Å². The Hall–Kier alpha value is -3.29. The summed E-state index contributed by atoms with van der Waals surface area (Å²) in [6.07, 6.45) is 4.72. The van der Waals surface area contributed by atoms with Crippen molar-refractivity contribution in [3.63, 3.8) is 0 Å². The summed E-state index contributed by atoms with van der Waals surface area (Å²) in [7, 11) is -4.33. The van der Waals surface area contributed by atoms with Crippen LogP contribution in [0.15, 0.2) is 12.1 Å². The van der Waals surface area contributed by atoms with Gasteiger partial charge in [-0.15, -0.1) is 0 Å². The van der Waals surface area contributed by atoms with Crippen molar-refractivity contribution in [1.82, 2.24) is 14.9 Å². The second-order valence-electron chi connectivity index (χ2n) is 11.2. The van der Waals surface area contributed by atoms with Crippen LogP contribution in [0.5, 0.6) is 5.75 Å². The summed E-state index contributed by atoms with van der Waals surface area (Å²) in [6.45, 7) is 6.04. The van der Waals surface area contributed by atoms with Gasteiger partial charge in [-0.05, 0) is 45.1 Å². The Kier molecular flexibility index (Phi) is 7.38. The summed E-state index contributed by atoms with van der Waals surface area (Å²) in [5.74, 6) is -2.76. The lowest BCUT2D eigenvalue weighted by Gasteiger charge is -2.38. The number of anilines is 2. The molecule has 2 heterocycles. The van der Waals surface area contributed by atoms with Gasteiger partial charge in [0.15, 0.2) is 5.82 Å². The molecular formula is C24H34FN5O7S. The van der Waals surface area contributed by atoms with Gasteiger partial charge in [-0.25, -0.2) is 23.0 Å². The van der Waals surface area contributed by atoms with E-state index >= 15 is 0 Å². The summed E-state index contributed by atoms with van der Waals surface area (Å²) in [4.78, 5) is 38.6. The fourth-order valence-corrected chi connectivity index (χ4v) is 6.71. The van der Waals surface area contributed by atoms with E-state index in [1.807, 2.05) is 20.8 Å². The zero-order chi connectivity index (χ0) is 27.9. The molecule has 3 aliphatic rings. The zero-order valence-electron chi connectivity index (χ0n) is 21.7. The van der Waals surface area contributed by atoms with Crippen LogP contribution >= 0.6 is 0 Å². The normalized spacial score (nSPS) is 22.3. The van der Waals surface area contributed by atoms with Crippen molar-refractivity contribution in [2.75, 3.05) is 35.8 Å². The van der Waals surface area contributed by atoms with E-state index in [0.717, 1.165) is 44.2 Å². The van der Waals surface area contributed by atoms with Gasteiger partial charge in [0.05, 0.1) is 0 Å². The second kappa shape index (κ2) is 10.1. The molecule has 2 aliphatic heterocycles. The minimum absolute atomic E-state index is 0.000932. The number of phenolic OH excluding ortho intramolecular Hbond substituents is 1. The molecule has 1 atom stereocenters. The molecule has 14 heteroatoms. The molecule has 1 aromatic carbocycles. The Labute approximate surface area is 221 Å². The number of halogens is 1. The lowest BCUT2D eigenvalue weighted by atomic mass is 9.68. The Balaban J connectivity index is 1.41. The quantitative estimate of drug-likeness (QED) is 0.445. The predicted molar refractivity (Wildman–Crippen MR) is 136 cm³/mol. The number of benzene rings is 1. The van der Waals surface area contributed by atoms with E-state index in [4.69, 9.17) is 4.74 Å². The third kappa shape index (κ3) is 5.89. The largest absolute Gasteiger partial charge is 0.506 e. The molecular weight excluding hydrogens is 521 g/mol. The monoisotopic (exact) mass is 555 g/mol. The average molecular weight is 556 g/mol. The van der Waals surface area contributed by atoms with Gasteiger partial charge in [-0.3, -0.25) is 4.79 Å². The number of aromatic hydroxyl groups is 1. The predicted octanol–water partition coefficient (Wildman–Crippen LogP) is 2.65. The number of nitrogens with zero attached hydrogens (tertiary/aromatic N) is 2. The molecule has 1 aromatic rings. The summed E-state index contributed by atoms with van der Waals surface area (Å²) in [5.41, 5.74) is -1.54. The van der Waals surface area contributed by atoms with Crippen LogP contribution in [-0.4, -0.2) is 68.2 Å². The average Bonchev–Trinajstić information content (AvgIpc) is 3.26. The molecule has 0 bridgehead atoms. The molecule has 1 spiro atoms. The molecule has 3 fully saturated rings. The van der Waals surface area contributed by atoms with Crippen LogP contribution in [0.25, 0.3) is 0 Å². The first kappa shape index (κ1) is 27.7. The Morgan fingerprint density at radius 3 is 2.50 bits per heavy atom. The number of hydrogen-bond acceptors (Lipinski definition) is 7. The lowest BCUT2D eigenvalue weighted by Crippen LogP contribution is -2.41. The first-order valence-electron chi connectivity index (χ1n) is 12.6. The van der Waals surface area contributed by atoms with Crippen molar-refractivity contribution in [3.8, 4) is 5.75 Å². The van der Waals surface area contributed by atoms with Crippen LogP contribution < -0.4 is 19.7 Å². The van der Waals surface area contributed by atoms with E-state index in [-0.39, 0.29) is 29.7 Å². The molecule has 4 amide bonds. The summed E-state index contributed by atoms with van der Waals surface area (Å²) in [6, 6.07) is 1.21. The third-order valence-corrected chi connectivity index (χ3v) is 8.57. The van der Waals surface area contributed by atoms with E-state index in [1.165, 1.54) is 0 Å². The number of carbonyl (C=O) groups excluding carboxylic acids is 3. The van der Waals surface area contributed by atoms with Crippen LogP contribution in [0, 0.1) is 17.2 Å². The van der Waals surface area contributed by atoms with Gasteiger partial charge in [-0.2, -0.15) is 8.42 Å². The summed E-state index contributed by atoms with van der Waals surface area (Å²) >= 11 is 0. The lowest BCUT2D eigenvalue weighted by molar-refractivity contribution is -0.117. The fraction of sp³-hybridized carbons (Fsp3) is 0.625. The molecule has 210 valence electrons. The first-order chi connectivity index (χ1) is 17.7. The number of likely N-dealkylation sites (tertiary alicyclic amines) is 1. The zero-order valence-corrected chi connectivity index (χ0v) is 22.5. The van der Waals surface area contributed by atoms with Gasteiger partial charge in [0.1, 0.15) is 23.6 Å². The van der Waals surface area contributed by atoms with Crippen molar-refractivity contribution < 1.29 is 37.0 Å². The number of amides is 4. The number of nitrogens with one attached hydrogen (secondary N) is 3. The molecule has 2 saturated heterocycles. The van der Waals surface area contributed by atoms with E-state index in [2.05, 4.69) is 10.6 Å². The maximum absolute atomic E-state index is 14.8. The minimum Gasteiger partial charge on any atom is -0.506 e. The van der Waals surface area contributed by atoms with Gasteiger partial charge in [-0.1, -0.05) is 19.3 Å². The van der Waals surface area contributed by atoms with Crippen molar-refractivity contribution in [2.45, 2.75) is 58.5 Å². The molecule has 12 nitrogen and oxygen atoms in total. The highest BCUT2D eigenvalue weighted by molar-refractivity contribution is 7.92. The number of phenols is 1. The van der Waals surface area contributed by atoms with Gasteiger partial charge in [0.25, 0.3) is 5.91 Å². The number of rotatable bonds is 4. The van der Waals surface area contributed by atoms with Crippen LogP contribution in [0.4, 0.5) is 25.4 Å². The van der Waals surface area contributed by atoms with E-state index in [1.54, 1.807) is 9.62 Å². The molecule has 0 radical (unpaired) electrons. The summed E-state index contributed by atoms with van der Waals surface area (Å²) < 4.78 is 46.5. The molecule has 4 rings (SSSR count). The highest BCUT2D eigenvalue weighted by Gasteiger charge is 2.49. The molecule has 1 aliphatic carbocycles. The topological polar surface area (TPSA) is 157 Å². The van der Waals surface area contributed by atoms with Crippen molar-refractivity contribution in [1.29, 1.82) is 0 Å². The van der Waals surface area contributed by atoms with Gasteiger partial charge < -0.3 is 25.4 Å². The molecule has 4 N–H and O–H groups in total. The first-order valence-corrected chi connectivity index (χ1v) is 14.0. The minimum atomic E-state index is -4.33. The highest BCUT2D eigenvalue weighted by Crippen LogP contribution is 2.47. The van der Waals surface area contributed by atoms with Crippen molar-refractivity contribution in [2.24, 2.45) is 11.3 Å². The molecule has 0 aromatic heterocycles. The molecule has 1 unspecified atom stereocenters. The molecule has 1 saturated carbocycles. The fourth-order valence-electron chi connectivity index (χ4n) is 5.54. The van der Waals surface area contributed by atoms with Gasteiger partial charge >= 0.3 is 22.3 Å². The smallest absolute Gasteiger partial charge is 0.410 e. The van der Waals surface area contributed by atoms with E-state index in [9.17, 15) is 32.3 Å². The highest BCUT2D eigenvalue weighted by atomic mass is 32.2. The maximum Gasteiger partial charge on any atom is 0.410 e. The van der Waals surface area contributed by atoms with Crippen molar-refractivity contribution >= 4 is 39.6 Å².